The Morgan fingerprint density at radius 1 is 1.55 bits per heavy atom. The number of amides is 1. The van der Waals surface area contributed by atoms with Crippen LogP contribution in [-0.4, -0.2) is 21.9 Å². The van der Waals surface area contributed by atoms with Crippen molar-refractivity contribution in [2.45, 2.75) is 31.2 Å². The van der Waals surface area contributed by atoms with Gasteiger partial charge in [0, 0.05) is 9.75 Å². The molecule has 0 saturated carbocycles. The molecule has 0 aliphatic carbocycles. The van der Waals surface area contributed by atoms with Gasteiger partial charge in [0.05, 0.1) is 11.8 Å². The van der Waals surface area contributed by atoms with Crippen LogP contribution in [0.1, 0.15) is 28.3 Å². The number of carbonyl (C=O) groups excluding carboxylic acids is 1. The second-order valence-electron chi connectivity index (χ2n) is 4.33. The van der Waals surface area contributed by atoms with Gasteiger partial charge in [0.15, 0.2) is 8.29 Å². The van der Waals surface area contributed by atoms with Crippen LogP contribution in [0.3, 0.4) is 0 Å². The van der Waals surface area contributed by atoms with E-state index in [1.807, 2.05) is 6.92 Å². The predicted molar refractivity (Wildman–Crippen MR) is 88.4 cm³/mol. The van der Waals surface area contributed by atoms with E-state index in [0.717, 1.165) is 4.34 Å². The Labute approximate surface area is 135 Å². The van der Waals surface area contributed by atoms with Crippen LogP contribution in [0.4, 0.5) is 0 Å². The number of H-pyrrole nitrogens is 1. The molecule has 0 aliphatic heterocycles. The highest BCUT2D eigenvalue weighted by molar-refractivity contribution is 8.01. The molecule has 20 heavy (non-hydrogen) atoms. The van der Waals surface area contributed by atoms with Crippen molar-refractivity contribution in [1.82, 2.24) is 15.5 Å². The molecule has 0 saturated heterocycles. The zero-order chi connectivity index (χ0) is 14.7. The number of hydrogen-bond acceptors (Lipinski definition) is 6. The lowest BCUT2D eigenvalue weighted by molar-refractivity contribution is -0.119. The summed E-state index contributed by atoms with van der Waals surface area (Å²) >= 11 is 9.49. The van der Waals surface area contributed by atoms with Gasteiger partial charge in [-0.2, -0.15) is 5.10 Å². The Hall–Kier alpha value is -0.700. The van der Waals surface area contributed by atoms with Crippen molar-refractivity contribution in [1.29, 1.82) is 0 Å². The first-order chi connectivity index (χ1) is 9.45. The topological polar surface area (TPSA) is 57.8 Å². The van der Waals surface area contributed by atoms with Crippen LogP contribution in [0.25, 0.3) is 0 Å². The Kier molecular flexibility index (Phi) is 5.36. The van der Waals surface area contributed by atoms with Gasteiger partial charge in [0.2, 0.25) is 5.91 Å². The molecule has 108 valence electrons. The molecule has 2 aromatic heterocycles. The van der Waals surface area contributed by atoms with Gasteiger partial charge in [-0.1, -0.05) is 23.1 Å². The molecule has 0 fully saturated rings. The predicted octanol–water partition coefficient (Wildman–Crippen LogP) is 3.85. The number of thioether (sulfide) groups is 1. The normalized spacial score (nSPS) is 12.3. The van der Waals surface area contributed by atoms with Crippen LogP contribution in [-0.2, 0) is 4.79 Å². The molecule has 0 radical (unpaired) electrons. The van der Waals surface area contributed by atoms with Gasteiger partial charge in [-0.05, 0) is 44.6 Å². The Balaban J connectivity index is 1.88. The standard InChI is InChI=1S/C12H15N3OS4/c1-6-4-9(8(3)19-6)7(2)13-10(16)5-18-12-15-14-11(17)20-12/h4,7H,5H2,1-3H3,(H,13,16)(H,14,17)/t7-/m0/s1. The van der Waals surface area contributed by atoms with Crippen LogP contribution in [0.2, 0.25) is 0 Å². The van der Waals surface area contributed by atoms with Gasteiger partial charge in [-0.3, -0.25) is 9.89 Å². The fourth-order valence-corrected chi connectivity index (χ4v) is 4.76. The van der Waals surface area contributed by atoms with Crippen molar-refractivity contribution in [3.63, 3.8) is 0 Å². The summed E-state index contributed by atoms with van der Waals surface area (Å²) in [4.78, 5) is 14.5. The van der Waals surface area contributed by atoms with Crippen LogP contribution in [0.5, 0.6) is 0 Å². The summed E-state index contributed by atoms with van der Waals surface area (Å²) in [6.45, 7) is 6.17. The first-order valence-electron chi connectivity index (χ1n) is 6.00. The number of rotatable bonds is 5. The molecular weight excluding hydrogens is 330 g/mol. The maximum absolute atomic E-state index is 11.9. The Bertz CT molecular complexity index is 658. The van der Waals surface area contributed by atoms with Gasteiger partial charge >= 0.3 is 0 Å². The molecule has 1 amide bonds. The SMILES string of the molecule is Cc1cc([C@H](C)NC(=O)CSc2n[nH]c(=S)s2)c(C)s1. The molecule has 2 rings (SSSR count). The fraction of sp³-hybridized carbons (Fsp3) is 0.417. The quantitative estimate of drug-likeness (QED) is 0.638. The average Bonchev–Trinajstić information content (AvgIpc) is 2.92. The Morgan fingerprint density at radius 2 is 2.30 bits per heavy atom. The van der Waals surface area contributed by atoms with E-state index in [-0.39, 0.29) is 11.9 Å². The number of nitrogens with one attached hydrogen (secondary N) is 2. The van der Waals surface area contributed by atoms with E-state index >= 15 is 0 Å². The molecule has 2 heterocycles. The van der Waals surface area contributed by atoms with Gasteiger partial charge in [-0.25, -0.2) is 0 Å². The first kappa shape index (κ1) is 15.7. The average molecular weight is 346 g/mol. The third kappa shape index (κ3) is 4.15. The lowest BCUT2D eigenvalue weighted by Gasteiger charge is -2.13. The van der Waals surface area contributed by atoms with Crippen molar-refractivity contribution in [2.75, 3.05) is 5.75 Å². The summed E-state index contributed by atoms with van der Waals surface area (Å²) < 4.78 is 1.42. The second kappa shape index (κ2) is 6.84. The fourth-order valence-electron chi connectivity index (χ4n) is 1.85. The summed E-state index contributed by atoms with van der Waals surface area (Å²) in [5.74, 6) is 0.356. The number of thiophene rings is 1. The van der Waals surface area contributed by atoms with Crippen molar-refractivity contribution in [2.24, 2.45) is 0 Å². The van der Waals surface area contributed by atoms with E-state index in [1.54, 1.807) is 11.3 Å². The number of aromatic nitrogens is 2. The molecular formula is C12H15N3OS4. The molecule has 0 bridgehead atoms. The van der Waals surface area contributed by atoms with Crippen molar-refractivity contribution >= 4 is 52.6 Å². The zero-order valence-electron chi connectivity index (χ0n) is 11.4. The molecule has 0 spiro atoms. The third-order valence-corrected chi connectivity index (χ3v) is 5.88. The van der Waals surface area contributed by atoms with Crippen LogP contribution in [0, 0.1) is 17.8 Å². The van der Waals surface area contributed by atoms with Crippen molar-refractivity contribution < 1.29 is 4.79 Å². The Morgan fingerprint density at radius 3 is 2.85 bits per heavy atom. The van der Waals surface area contributed by atoms with Gasteiger partial charge < -0.3 is 5.32 Å². The largest absolute Gasteiger partial charge is 0.349 e. The number of carbonyl (C=O) groups is 1. The molecule has 8 heteroatoms. The number of aryl methyl sites for hydroxylation is 2. The molecule has 2 aromatic rings. The van der Waals surface area contributed by atoms with E-state index < -0.39 is 0 Å². The zero-order valence-corrected chi connectivity index (χ0v) is 14.6. The van der Waals surface area contributed by atoms with E-state index in [1.165, 1.54) is 38.4 Å². The number of nitrogens with zero attached hydrogens (tertiary/aromatic N) is 1. The number of aromatic amines is 1. The smallest absolute Gasteiger partial charge is 0.230 e. The van der Waals surface area contributed by atoms with Crippen LogP contribution in [0.15, 0.2) is 10.4 Å². The van der Waals surface area contributed by atoms with Crippen LogP contribution < -0.4 is 5.32 Å². The first-order valence-corrected chi connectivity index (χ1v) is 9.03. The third-order valence-electron chi connectivity index (χ3n) is 2.67. The lowest BCUT2D eigenvalue weighted by Crippen LogP contribution is -2.28. The molecule has 0 unspecified atom stereocenters. The number of hydrogen-bond donors (Lipinski definition) is 2. The summed E-state index contributed by atoms with van der Waals surface area (Å²) in [6, 6.07) is 2.17. The molecule has 2 N–H and O–H groups in total. The lowest BCUT2D eigenvalue weighted by atomic mass is 10.1. The highest BCUT2D eigenvalue weighted by atomic mass is 32.2. The van der Waals surface area contributed by atoms with Gasteiger partial charge in [-0.15, -0.1) is 11.3 Å². The highest BCUT2D eigenvalue weighted by Gasteiger charge is 2.14. The molecule has 1 atom stereocenters. The highest BCUT2D eigenvalue weighted by Crippen LogP contribution is 2.26. The molecule has 4 nitrogen and oxygen atoms in total. The minimum atomic E-state index is 0.00636. The maximum Gasteiger partial charge on any atom is 0.230 e. The van der Waals surface area contributed by atoms with Crippen LogP contribution >= 0.6 is 46.7 Å². The second-order valence-corrected chi connectivity index (χ2v) is 8.67. The van der Waals surface area contributed by atoms with Crippen molar-refractivity contribution in [3.05, 3.63) is 25.3 Å². The molecule has 0 aliphatic rings. The van der Waals surface area contributed by atoms with E-state index in [4.69, 9.17) is 12.2 Å². The van der Waals surface area contributed by atoms with E-state index in [0.29, 0.717) is 9.71 Å². The van der Waals surface area contributed by atoms with Gasteiger partial charge in [0.25, 0.3) is 0 Å². The minimum absolute atomic E-state index is 0.00636. The van der Waals surface area contributed by atoms with E-state index in [9.17, 15) is 4.79 Å². The van der Waals surface area contributed by atoms with Crippen molar-refractivity contribution in [3.8, 4) is 0 Å². The molecule has 0 aromatic carbocycles. The minimum Gasteiger partial charge on any atom is -0.349 e. The summed E-state index contributed by atoms with van der Waals surface area (Å²) in [7, 11) is 0. The summed E-state index contributed by atoms with van der Waals surface area (Å²) in [5, 5.41) is 9.73. The summed E-state index contributed by atoms with van der Waals surface area (Å²) in [5.41, 5.74) is 1.20. The summed E-state index contributed by atoms with van der Waals surface area (Å²) in [6.07, 6.45) is 0. The monoisotopic (exact) mass is 345 g/mol. The van der Waals surface area contributed by atoms with E-state index in [2.05, 4.69) is 35.4 Å². The van der Waals surface area contributed by atoms with Gasteiger partial charge in [0.1, 0.15) is 0 Å². The maximum atomic E-state index is 11.9.